The quantitative estimate of drug-likeness (QED) is 0.448. The number of benzene rings is 2. The van der Waals surface area contributed by atoms with Crippen molar-refractivity contribution < 1.29 is 13.6 Å². The van der Waals surface area contributed by atoms with Crippen molar-refractivity contribution in [3.8, 4) is 16.8 Å². The first kappa shape index (κ1) is 22.6. The van der Waals surface area contributed by atoms with E-state index in [1.165, 1.54) is 29.3 Å². The molecule has 1 fully saturated rings. The van der Waals surface area contributed by atoms with Crippen LogP contribution in [0.15, 0.2) is 61.2 Å². The minimum Gasteiger partial charge on any atom is -0.339 e. The molecular formula is C25H23F2N7O. The van der Waals surface area contributed by atoms with Gasteiger partial charge in [-0.05, 0) is 37.6 Å². The van der Waals surface area contributed by atoms with Gasteiger partial charge in [0.2, 0.25) is 5.95 Å². The number of aryl methyl sites for hydroxylation is 1. The van der Waals surface area contributed by atoms with Gasteiger partial charge in [0.1, 0.15) is 11.6 Å². The van der Waals surface area contributed by atoms with Gasteiger partial charge in [-0.2, -0.15) is 15.0 Å². The Labute approximate surface area is 200 Å². The van der Waals surface area contributed by atoms with Gasteiger partial charge in [0.05, 0.1) is 23.6 Å². The van der Waals surface area contributed by atoms with Crippen LogP contribution in [0.5, 0.6) is 0 Å². The number of carbonyl (C=O) groups is 1. The summed E-state index contributed by atoms with van der Waals surface area (Å²) in [6.45, 7) is 4.26. The highest BCUT2D eigenvalue weighted by atomic mass is 19.1. The molecule has 0 spiro atoms. The Bertz CT molecular complexity index is 1340. The Morgan fingerprint density at radius 3 is 2.43 bits per heavy atom. The second-order valence-corrected chi connectivity index (χ2v) is 8.37. The average molecular weight is 476 g/mol. The average Bonchev–Trinajstić information content (AvgIpc) is 3.28. The number of hydrogen-bond acceptors (Lipinski definition) is 6. The molecule has 1 aliphatic rings. The molecule has 2 aromatic heterocycles. The van der Waals surface area contributed by atoms with Gasteiger partial charge in [0, 0.05) is 55.8 Å². The summed E-state index contributed by atoms with van der Waals surface area (Å²) in [5.74, 6) is -0.870. The van der Waals surface area contributed by atoms with Crippen LogP contribution in [-0.4, -0.2) is 61.9 Å². The summed E-state index contributed by atoms with van der Waals surface area (Å²) in [5.41, 5.74) is 2.88. The number of rotatable bonds is 4. The van der Waals surface area contributed by atoms with Crippen molar-refractivity contribution in [2.45, 2.75) is 13.3 Å². The minimum absolute atomic E-state index is 0.0779. The van der Waals surface area contributed by atoms with E-state index in [1.54, 1.807) is 12.4 Å². The van der Waals surface area contributed by atoms with Crippen molar-refractivity contribution in [1.82, 2.24) is 29.9 Å². The molecular weight excluding hydrogens is 452 g/mol. The number of aromatic nitrogens is 5. The van der Waals surface area contributed by atoms with Crippen LogP contribution in [0.2, 0.25) is 0 Å². The van der Waals surface area contributed by atoms with Crippen LogP contribution >= 0.6 is 0 Å². The predicted molar refractivity (Wildman–Crippen MR) is 126 cm³/mol. The van der Waals surface area contributed by atoms with Crippen LogP contribution in [-0.2, 0) is 0 Å². The predicted octanol–water partition coefficient (Wildman–Crippen LogP) is 3.66. The maximum atomic E-state index is 14.1. The zero-order valence-electron chi connectivity index (χ0n) is 19.1. The van der Waals surface area contributed by atoms with Crippen molar-refractivity contribution in [3.63, 3.8) is 0 Å². The third-order valence-electron chi connectivity index (χ3n) is 5.96. The fraction of sp³-hybridized carbons (Fsp3) is 0.240. The lowest BCUT2D eigenvalue weighted by atomic mass is 10.1. The van der Waals surface area contributed by atoms with Gasteiger partial charge in [-0.3, -0.25) is 4.79 Å². The van der Waals surface area contributed by atoms with E-state index in [9.17, 15) is 13.6 Å². The second kappa shape index (κ2) is 9.57. The summed E-state index contributed by atoms with van der Waals surface area (Å²) >= 11 is 0. The second-order valence-electron chi connectivity index (χ2n) is 8.37. The molecule has 8 nitrogen and oxygen atoms in total. The molecule has 178 valence electrons. The van der Waals surface area contributed by atoms with Crippen molar-refractivity contribution in [1.29, 1.82) is 0 Å². The van der Waals surface area contributed by atoms with Gasteiger partial charge in [-0.1, -0.05) is 11.6 Å². The highest BCUT2D eigenvalue weighted by Gasteiger charge is 2.24. The van der Waals surface area contributed by atoms with Crippen LogP contribution in [0, 0.1) is 18.6 Å². The van der Waals surface area contributed by atoms with E-state index in [1.807, 2.05) is 34.9 Å². The SMILES string of the molecule is Cc1ccc(-n2nccn2)c(C(=O)N2CCCN(c3ncc(-c4ccc(F)cc4F)cn3)CC2)c1. The number of hydrogen-bond donors (Lipinski definition) is 0. The third kappa shape index (κ3) is 4.72. The topological polar surface area (TPSA) is 80.0 Å². The molecule has 2 aromatic carbocycles. The molecule has 1 amide bonds. The highest BCUT2D eigenvalue weighted by molar-refractivity contribution is 5.98. The number of halogens is 2. The standard InChI is InChI=1S/C25H23F2N7O/c1-17-3-6-23(34-30-7-8-31-34)21(13-17)24(35)32-9-2-10-33(12-11-32)25-28-15-18(16-29-25)20-5-4-19(26)14-22(20)27/h3-8,13-16H,2,9-12H2,1H3. The van der Waals surface area contributed by atoms with E-state index in [0.717, 1.165) is 18.1 Å². The smallest absolute Gasteiger partial charge is 0.256 e. The van der Waals surface area contributed by atoms with Crippen molar-refractivity contribution in [3.05, 3.63) is 83.9 Å². The van der Waals surface area contributed by atoms with Gasteiger partial charge in [-0.15, -0.1) is 0 Å². The number of amides is 1. The first-order valence-electron chi connectivity index (χ1n) is 11.3. The lowest BCUT2D eigenvalue weighted by molar-refractivity contribution is 0.0766. The number of nitrogens with zero attached hydrogens (tertiary/aromatic N) is 7. The molecule has 0 atom stereocenters. The maximum Gasteiger partial charge on any atom is 0.256 e. The molecule has 0 bridgehead atoms. The molecule has 0 aliphatic carbocycles. The van der Waals surface area contributed by atoms with E-state index in [0.29, 0.717) is 48.9 Å². The molecule has 0 unspecified atom stereocenters. The maximum absolute atomic E-state index is 14.1. The monoisotopic (exact) mass is 475 g/mol. The highest BCUT2D eigenvalue weighted by Crippen LogP contribution is 2.24. The first-order chi connectivity index (χ1) is 17.0. The third-order valence-corrected chi connectivity index (χ3v) is 5.96. The summed E-state index contributed by atoms with van der Waals surface area (Å²) in [5, 5.41) is 8.36. The normalized spacial score (nSPS) is 14.1. The van der Waals surface area contributed by atoms with Crippen molar-refractivity contribution in [2.75, 3.05) is 31.1 Å². The Morgan fingerprint density at radius 2 is 1.69 bits per heavy atom. The van der Waals surface area contributed by atoms with Crippen molar-refractivity contribution >= 4 is 11.9 Å². The largest absolute Gasteiger partial charge is 0.339 e. The summed E-state index contributed by atoms with van der Waals surface area (Å²) in [6.07, 6.45) is 6.96. The van der Waals surface area contributed by atoms with Gasteiger partial charge >= 0.3 is 0 Å². The van der Waals surface area contributed by atoms with Gasteiger partial charge in [-0.25, -0.2) is 18.7 Å². The fourth-order valence-corrected chi connectivity index (χ4v) is 4.17. The Kier molecular flexibility index (Phi) is 6.17. The van der Waals surface area contributed by atoms with Crippen molar-refractivity contribution in [2.24, 2.45) is 0 Å². The van der Waals surface area contributed by atoms with E-state index in [-0.39, 0.29) is 11.5 Å². The molecule has 0 radical (unpaired) electrons. The van der Waals surface area contributed by atoms with E-state index < -0.39 is 11.6 Å². The number of anilines is 1. The first-order valence-corrected chi connectivity index (χ1v) is 11.3. The molecule has 1 saturated heterocycles. The van der Waals surface area contributed by atoms with Crippen LogP contribution in [0.25, 0.3) is 16.8 Å². The van der Waals surface area contributed by atoms with Crippen LogP contribution < -0.4 is 4.90 Å². The van der Waals surface area contributed by atoms with Gasteiger partial charge in [0.15, 0.2) is 0 Å². The Morgan fingerprint density at radius 1 is 0.914 bits per heavy atom. The zero-order chi connectivity index (χ0) is 24.4. The van der Waals surface area contributed by atoms with E-state index in [4.69, 9.17) is 0 Å². The lowest BCUT2D eigenvalue weighted by Gasteiger charge is -2.23. The Hall–Kier alpha value is -4.21. The molecule has 0 N–H and O–H groups in total. The summed E-state index contributed by atoms with van der Waals surface area (Å²) < 4.78 is 27.3. The molecule has 10 heteroatoms. The molecule has 1 aliphatic heterocycles. The number of carbonyl (C=O) groups excluding carboxylic acids is 1. The molecule has 0 saturated carbocycles. The summed E-state index contributed by atoms with van der Waals surface area (Å²) in [6, 6.07) is 9.06. The van der Waals surface area contributed by atoms with Gasteiger partial charge < -0.3 is 9.80 Å². The molecule has 5 rings (SSSR count). The van der Waals surface area contributed by atoms with E-state index >= 15 is 0 Å². The van der Waals surface area contributed by atoms with Gasteiger partial charge in [0.25, 0.3) is 5.91 Å². The summed E-state index contributed by atoms with van der Waals surface area (Å²) in [7, 11) is 0. The fourth-order valence-electron chi connectivity index (χ4n) is 4.17. The van der Waals surface area contributed by atoms with Crippen LogP contribution in [0.3, 0.4) is 0 Å². The van der Waals surface area contributed by atoms with E-state index in [2.05, 4.69) is 20.2 Å². The molecule has 3 heterocycles. The zero-order valence-corrected chi connectivity index (χ0v) is 19.1. The lowest BCUT2D eigenvalue weighted by Crippen LogP contribution is -2.36. The molecule has 35 heavy (non-hydrogen) atoms. The minimum atomic E-state index is -0.661. The molecule has 4 aromatic rings. The Balaban J connectivity index is 1.31. The van der Waals surface area contributed by atoms with Crippen LogP contribution in [0.4, 0.5) is 14.7 Å². The van der Waals surface area contributed by atoms with Crippen LogP contribution in [0.1, 0.15) is 22.3 Å². The summed E-state index contributed by atoms with van der Waals surface area (Å²) in [4.78, 5) is 27.6.